The zero-order valence-corrected chi connectivity index (χ0v) is 20.4. The Balaban J connectivity index is 1.54. The third-order valence-electron chi connectivity index (χ3n) is 5.24. The molecule has 9 heteroatoms. The van der Waals surface area contributed by atoms with Gasteiger partial charge in [-0.1, -0.05) is 11.6 Å². The van der Waals surface area contributed by atoms with Crippen LogP contribution in [0, 0.1) is 0 Å². The average Bonchev–Trinajstić information content (AvgIpc) is 2.83. The number of ether oxygens (including phenoxy) is 3. The normalized spacial score (nSPS) is 13.6. The number of amides is 2. The number of hydrogen-bond acceptors (Lipinski definition) is 6. The number of hydrogen-bond donors (Lipinski definition) is 1. The summed E-state index contributed by atoms with van der Waals surface area (Å²) < 4.78 is 16.2. The predicted molar refractivity (Wildman–Crippen MR) is 134 cm³/mol. The second-order valence-corrected chi connectivity index (χ2v) is 8.10. The molecule has 3 rings (SSSR count). The Kier molecular flexibility index (Phi) is 9.18. The van der Waals surface area contributed by atoms with Crippen LogP contribution in [-0.4, -0.2) is 70.3 Å². The van der Waals surface area contributed by atoms with Crippen LogP contribution in [0.25, 0.3) is 6.08 Å². The molecule has 0 saturated carbocycles. The van der Waals surface area contributed by atoms with Crippen LogP contribution in [0.15, 0.2) is 42.5 Å². The summed E-state index contributed by atoms with van der Waals surface area (Å²) in [5.41, 5.74) is 2.44. The summed E-state index contributed by atoms with van der Waals surface area (Å²) in [6, 6.07) is 11.1. The molecule has 0 unspecified atom stereocenters. The zero-order chi connectivity index (χ0) is 24.5. The van der Waals surface area contributed by atoms with Gasteiger partial charge in [0, 0.05) is 37.6 Å². The lowest BCUT2D eigenvalue weighted by Crippen LogP contribution is -2.36. The van der Waals surface area contributed by atoms with Crippen molar-refractivity contribution >= 4 is 40.9 Å². The van der Waals surface area contributed by atoms with E-state index in [-0.39, 0.29) is 18.4 Å². The number of likely N-dealkylation sites (N-methyl/N-ethyl adjacent to an activating group) is 1. The van der Waals surface area contributed by atoms with Crippen LogP contribution in [-0.2, 0) is 14.3 Å². The molecule has 1 fully saturated rings. The van der Waals surface area contributed by atoms with Crippen LogP contribution in [0.5, 0.6) is 11.5 Å². The summed E-state index contributed by atoms with van der Waals surface area (Å²) in [5, 5.41) is 3.21. The molecule has 0 bridgehead atoms. The first-order chi connectivity index (χ1) is 16.4. The van der Waals surface area contributed by atoms with Crippen molar-refractivity contribution in [2.75, 3.05) is 63.8 Å². The van der Waals surface area contributed by atoms with Gasteiger partial charge in [0.05, 0.1) is 38.5 Å². The molecule has 2 aromatic rings. The molecule has 34 heavy (non-hydrogen) atoms. The highest BCUT2D eigenvalue weighted by Gasteiger charge is 2.14. The highest BCUT2D eigenvalue weighted by molar-refractivity contribution is 6.32. The number of morpholine rings is 1. The van der Waals surface area contributed by atoms with Gasteiger partial charge in [0.15, 0.2) is 11.5 Å². The van der Waals surface area contributed by atoms with Crippen molar-refractivity contribution in [1.82, 2.24) is 4.90 Å². The number of nitrogens with one attached hydrogen (secondary N) is 1. The smallest absolute Gasteiger partial charge is 0.246 e. The Morgan fingerprint density at radius 3 is 2.56 bits per heavy atom. The predicted octanol–water partition coefficient (Wildman–Crippen LogP) is 3.69. The Labute approximate surface area is 205 Å². The molecule has 1 aliphatic heterocycles. The van der Waals surface area contributed by atoms with Gasteiger partial charge in [-0.3, -0.25) is 9.59 Å². The van der Waals surface area contributed by atoms with E-state index >= 15 is 0 Å². The SMILES string of the molecule is CCOc1cc(/C=C/C(=O)N(C)CC(=O)Nc2ccc(N3CCOCC3)cc2)cc(Cl)c1OC. The quantitative estimate of drug-likeness (QED) is 0.543. The average molecular weight is 488 g/mol. The summed E-state index contributed by atoms with van der Waals surface area (Å²) in [5.74, 6) is 0.341. The van der Waals surface area contributed by atoms with Crippen LogP contribution < -0.4 is 19.7 Å². The monoisotopic (exact) mass is 487 g/mol. The number of nitrogens with zero attached hydrogens (tertiary/aromatic N) is 2. The minimum absolute atomic E-state index is 0.0814. The third-order valence-corrected chi connectivity index (χ3v) is 5.52. The van der Waals surface area contributed by atoms with Crippen molar-refractivity contribution < 1.29 is 23.8 Å². The maximum absolute atomic E-state index is 12.5. The first kappa shape index (κ1) is 25.4. The third kappa shape index (κ3) is 6.88. The number of anilines is 2. The molecular formula is C25H30ClN3O5. The van der Waals surface area contributed by atoms with Gasteiger partial charge in [-0.15, -0.1) is 0 Å². The van der Waals surface area contributed by atoms with Crippen molar-refractivity contribution in [3.63, 3.8) is 0 Å². The molecule has 1 saturated heterocycles. The number of benzene rings is 2. The van der Waals surface area contributed by atoms with Gasteiger partial charge in [0.2, 0.25) is 11.8 Å². The molecule has 0 atom stereocenters. The maximum atomic E-state index is 12.5. The molecule has 2 aromatic carbocycles. The van der Waals surface area contributed by atoms with Crippen molar-refractivity contribution in [1.29, 1.82) is 0 Å². The molecule has 0 spiro atoms. The molecule has 2 amide bonds. The van der Waals surface area contributed by atoms with Crippen LogP contribution in [0.3, 0.4) is 0 Å². The zero-order valence-electron chi connectivity index (χ0n) is 19.7. The van der Waals surface area contributed by atoms with Crippen molar-refractivity contribution in [2.45, 2.75) is 6.92 Å². The summed E-state index contributed by atoms with van der Waals surface area (Å²) in [4.78, 5) is 28.5. The molecular weight excluding hydrogens is 458 g/mol. The van der Waals surface area contributed by atoms with E-state index in [2.05, 4.69) is 10.2 Å². The topological polar surface area (TPSA) is 80.3 Å². The van der Waals surface area contributed by atoms with Crippen molar-refractivity contribution in [3.05, 3.63) is 53.1 Å². The largest absolute Gasteiger partial charge is 0.491 e. The number of halogens is 1. The second-order valence-electron chi connectivity index (χ2n) is 7.69. The Morgan fingerprint density at radius 2 is 1.91 bits per heavy atom. The van der Waals surface area contributed by atoms with Gasteiger partial charge < -0.3 is 29.3 Å². The van der Waals surface area contributed by atoms with E-state index in [1.165, 1.54) is 18.1 Å². The highest BCUT2D eigenvalue weighted by Crippen LogP contribution is 2.36. The number of rotatable bonds is 9. The molecule has 1 heterocycles. The lowest BCUT2D eigenvalue weighted by Gasteiger charge is -2.28. The minimum Gasteiger partial charge on any atom is -0.491 e. The molecule has 1 aliphatic rings. The van der Waals surface area contributed by atoms with E-state index in [4.69, 9.17) is 25.8 Å². The lowest BCUT2D eigenvalue weighted by molar-refractivity contribution is -0.129. The van der Waals surface area contributed by atoms with Crippen LogP contribution in [0.2, 0.25) is 5.02 Å². The van der Waals surface area contributed by atoms with E-state index < -0.39 is 0 Å². The fraction of sp³-hybridized carbons (Fsp3) is 0.360. The van der Waals surface area contributed by atoms with E-state index in [9.17, 15) is 9.59 Å². The molecule has 8 nitrogen and oxygen atoms in total. The fourth-order valence-electron chi connectivity index (χ4n) is 3.51. The van der Waals surface area contributed by atoms with Crippen molar-refractivity contribution in [2.24, 2.45) is 0 Å². The first-order valence-electron chi connectivity index (χ1n) is 11.1. The second kappa shape index (κ2) is 12.3. The van der Waals surface area contributed by atoms with Gasteiger partial charge in [-0.25, -0.2) is 0 Å². The Hall–Kier alpha value is -3.23. The van der Waals surface area contributed by atoms with Gasteiger partial charge in [-0.2, -0.15) is 0 Å². The lowest BCUT2D eigenvalue weighted by atomic mass is 10.2. The summed E-state index contributed by atoms with van der Waals surface area (Å²) in [7, 11) is 3.08. The first-order valence-corrected chi connectivity index (χ1v) is 11.4. The minimum atomic E-state index is -0.317. The highest BCUT2D eigenvalue weighted by atomic mass is 35.5. The molecule has 0 radical (unpaired) electrons. The van der Waals surface area contributed by atoms with Gasteiger partial charge >= 0.3 is 0 Å². The van der Waals surface area contributed by atoms with Gasteiger partial charge in [0.1, 0.15) is 0 Å². The van der Waals surface area contributed by atoms with E-state index in [0.717, 1.165) is 18.8 Å². The van der Waals surface area contributed by atoms with Crippen LogP contribution in [0.4, 0.5) is 11.4 Å². The summed E-state index contributed by atoms with van der Waals surface area (Å²) in [6.07, 6.45) is 3.01. The maximum Gasteiger partial charge on any atom is 0.246 e. The van der Waals surface area contributed by atoms with E-state index in [1.54, 1.807) is 25.3 Å². The standard InChI is InChI=1S/C25H30ClN3O5/c1-4-34-22-16-18(15-21(26)25(22)32-3)5-10-24(31)28(2)17-23(30)27-19-6-8-20(9-7-19)29-11-13-33-14-12-29/h5-10,15-16H,4,11-14,17H2,1-3H3,(H,27,30)/b10-5+. The van der Waals surface area contributed by atoms with Crippen LogP contribution >= 0.6 is 11.6 Å². The van der Waals surface area contributed by atoms with Crippen LogP contribution in [0.1, 0.15) is 12.5 Å². The van der Waals surface area contributed by atoms with E-state index in [0.29, 0.717) is 47.6 Å². The van der Waals surface area contributed by atoms with Gasteiger partial charge in [-0.05, 0) is 55.0 Å². The molecule has 1 N–H and O–H groups in total. The van der Waals surface area contributed by atoms with Crippen molar-refractivity contribution in [3.8, 4) is 11.5 Å². The number of carbonyl (C=O) groups is 2. The van der Waals surface area contributed by atoms with E-state index in [1.807, 2.05) is 31.2 Å². The summed E-state index contributed by atoms with van der Waals surface area (Å²) in [6.45, 7) is 5.36. The molecule has 182 valence electrons. The molecule has 0 aliphatic carbocycles. The number of methoxy groups -OCH3 is 1. The summed E-state index contributed by atoms with van der Waals surface area (Å²) >= 11 is 6.25. The number of carbonyl (C=O) groups excluding carboxylic acids is 2. The Bertz CT molecular complexity index is 1020. The molecule has 0 aromatic heterocycles. The fourth-order valence-corrected chi connectivity index (χ4v) is 3.81. The van der Waals surface area contributed by atoms with Gasteiger partial charge in [0.25, 0.3) is 0 Å². The Morgan fingerprint density at radius 1 is 1.21 bits per heavy atom.